The first-order chi connectivity index (χ1) is 7.16. The van der Waals surface area contributed by atoms with Gasteiger partial charge in [-0.2, -0.15) is 5.10 Å². The Bertz CT molecular complexity index is 474. The minimum absolute atomic E-state index is 0.196. The van der Waals surface area contributed by atoms with Crippen LogP contribution in [0.15, 0.2) is 12.4 Å². The van der Waals surface area contributed by atoms with Crippen LogP contribution in [0.5, 0.6) is 0 Å². The molecule has 2 heterocycles. The Labute approximate surface area is 90.6 Å². The molecule has 15 heavy (non-hydrogen) atoms. The van der Waals surface area contributed by atoms with Crippen LogP contribution in [0.1, 0.15) is 20.4 Å². The maximum absolute atomic E-state index is 11.7. The maximum Gasteiger partial charge on any atom is 0.275 e. The zero-order chi connectivity index (χ0) is 10.8. The number of aromatic amines is 1. The summed E-state index contributed by atoms with van der Waals surface area (Å²) in [5, 5.41) is 9.96. The molecule has 0 saturated heterocycles. The first kappa shape index (κ1) is 9.85. The standard InChI is InChI=1S/C9H10N4OS/c1-5-8(12-6(2)15-5)9(14)13-7-3-10-11-4-7/h3-4H,1-2H3,(H,10,11)(H,13,14). The molecule has 0 aliphatic heterocycles. The van der Waals surface area contributed by atoms with Crippen LogP contribution in [0.3, 0.4) is 0 Å². The number of thiazole rings is 1. The molecule has 2 N–H and O–H groups in total. The minimum atomic E-state index is -0.196. The second-order valence-corrected chi connectivity index (χ2v) is 4.49. The zero-order valence-electron chi connectivity index (χ0n) is 8.37. The quantitative estimate of drug-likeness (QED) is 0.813. The van der Waals surface area contributed by atoms with Crippen molar-refractivity contribution in [2.75, 3.05) is 5.32 Å². The van der Waals surface area contributed by atoms with E-state index in [2.05, 4.69) is 20.5 Å². The van der Waals surface area contributed by atoms with Gasteiger partial charge in [-0.05, 0) is 13.8 Å². The molecule has 78 valence electrons. The fourth-order valence-corrected chi connectivity index (χ4v) is 2.06. The van der Waals surface area contributed by atoms with E-state index in [0.29, 0.717) is 11.4 Å². The largest absolute Gasteiger partial charge is 0.318 e. The lowest BCUT2D eigenvalue weighted by molar-refractivity contribution is 0.102. The number of aromatic nitrogens is 3. The lowest BCUT2D eigenvalue weighted by atomic mass is 10.3. The molecule has 0 spiro atoms. The summed E-state index contributed by atoms with van der Waals surface area (Å²) < 4.78 is 0. The molecule has 0 aromatic carbocycles. The third kappa shape index (κ3) is 2.04. The van der Waals surface area contributed by atoms with Crippen LogP contribution in [0.2, 0.25) is 0 Å². The fourth-order valence-electron chi connectivity index (χ4n) is 1.25. The molecule has 5 nitrogen and oxygen atoms in total. The first-order valence-corrected chi connectivity index (χ1v) is 5.22. The van der Waals surface area contributed by atoms with Crippen molar-refractivity contribution in [1.29, 1.82) is 0 Å². The Hall–Kier alpha value is -1.69. The summed E-state index contributed by atoms with van der Waals surface area (Å²) in [6.45, 7) is 3.77. The maximum atomic E-state index is 11.7. The zero-order valence-corrected chi connectivity index (χ0v) is 9.18. The monoisotopic (exact) mass is 222 g/mol. The van der Waals surface area contributed by atoms with Crippen molar-refractivity contribution in [3.8, 4) is 0 Å². The fraction of sp³-hybridized carbons (Fsp3) is 0.222. The van der Waals surface area contributed by atoms with E-state index < -0.39 is 0 Å². The Morgan fingerprint density at radius 1 is 1.53 bits per heavy atom. The van der Waals surface area contributed by atoms with Crippen LogP contribution in [0, 0.1) is 13.8 Å². The molecule has 0 aliphatic rings. The number of hydrogen-bond donors (Lipinski definition) is 2. The van der Waals surface area contributed by atoms with E-state index in [9.17, 15) is 4.79 Å². The third-order valence-electron chi connectivity index (χ3n) is 1.87. The summed E-state index contributed by atoms with van der Waals surface area (Å²) in [6, 6.07) is 0. The van der Waals surface area contributed by atoms with Gasteiger partial charge in [0.05, 0.1) is 16.9 Å². The summed E-state index contributed by atoms with van der Waals surface area (Å²) in [5.74, 6) is -0.196. The van der Waals surface area contributed by atoms with Gasteiger partial charge in [-0.1, -0.05) is 0 Å². The van der Waals surface area contributed by atoms with E-state index in [4.69, 9.17) is 0 Å². The van der Waals surface area contributed by atoms with Crippen LogP contribution in [0.25, 0.3) is 0 Å². The Morgan fingerprint density at radius 3 is 2.87 bits per heavy atom. The van der Waals surface area contributed by atoms with Crippen molar-refractivity contribution in [1.82, 2.24) is 15.2 Å². The van der Waals surface area contributed by atoms with E-state index in [1.54, 1.807) is 12.4 Å². The highest BCUT2D eigenvalue weighted by atomic mass is 32.1. The van der Waals surface area contributed by atoms with Crippen LogP contribution < -0.4 is 5.32 Å². The van der Waals surface area contributed by atoms with E-state index >= 15 is 0 Å². The van der Waals surface area contributed by atoms with E-state index in [1.807, 2.05) is 13.8 Å². The third-order valence-corrected chi connectivity index (χ3v) is 2.76. The molecule has 0 bridgehead atoms. The normalized spacial score (nSPS) is 10.3. The number of carbonyl (C=O) groups is 1. The number of carbonyl (C=O) groups excluding carboxylic acids is 1. The number of rotatable bonds is 2. The molecule has 2 aromatic heterocycles. The lowest BCUT2D eigenvalue weighted by Gasteiger charge is -1.99. The van der Waals surface area contributed by atoms with Gasteiger partial charge in [0.1, 0.15) is 5.69 Å². The second-order valence-electron chi connectivity index (χ2n) is 3.08. The van der Waals surface area contributed by atoms with Gasteiger partial charge in [0.25, 0.3) is 5.91 Å². The Morgan fingerprint density at radius 2 is 2.33 bits per heavy atom. The highest BCUT2D eigenvalue weighted by Crippen LogP contribution is 2.17. The van der Waals surface area contributed by atoms with Crippen molar-refractivity contribution in [3.63, 3.8) is 0 Å². The van der Waals surface area contributed by atoms with Gasteiger partial charge in [0, 0.05) is 11.1 Å². The molecule has 0 unspecified atom stereocenters. The van der Waals surface area contributed by atoms with Gasteiger partial charge < -0.3 is 5.32 Å². The Balaban J connectivity index is 2.18. The molecular formula is C9H10N4OS. The number of nitrogens with zero attached hydrogens (tertiary/aromatic N) is 2. The molecule has 0 radical (unpaired) electrons. The van der Waals surface area contributed by atoms with Gasteiger partial charge in [-0.3, -0.25) is 9.89 Å². The minimum Gasteiger partial charge on any atom is -0.318 e. The molecule has 0 atom stereocenters. The van der Waals surface area contributed by atoms with Gasteiger partial charge >= 0.3 is 0 Å². The summed E-state index contributed by atoms with van der Waals surface area (Å²) in [5.41, 5.74) is 1.13. The van der Waals surface area contributed by atoms with Crippen molar-refractivity contribution in [2.24, 2.45) is 0 Å². The van der Waals surface area contributed by atoms with Crippen molar-refractivity contribution in [3.05, 3.63) is 28.0 Å². The highest BCUT2D eigenvalue weighted by molar-refractivity contribution is 7.11. The summed E-state index contributed by atoms with van der Waals surface area (Å²) in [4.78, 5) is 16.8. The number of aryl methyl sites for hydroxylation is 2. The van der Waals surface area contributed by atoms with Gasteiger partial charge in [0.2, 0.25) is 0 Å². The van der Waals surface area contributed by atoms with Crippen LogP contribution in [-0.4, -0.2) is 21.1 Å². The highest BCUT2D eigenvalue weighted by Gasteiger charge is 2.13. The molecule has 6 heteroatoms. The average Bonchev–Trinajstić information content (AvgIpc) is 2.75. The summed E-state index contributed by atoms with van der Waals surface area (Å²) in [7, 11) is 0. The smallest absolute Gasteiger partial charge is 0.275 e. The predicted octanol–water partition coefficient (Wildman–Crippen LogP) is 1.74. The predicted molar refractivity (Wildman–Crippen MR) is 58.1 cm³/mol. The van der Waals surface area contributed by atoms with Crippen LogP contribution in [-0.2, 0) is 0 Å². The molecule has 0 saturated carbocycles. The van der Waals surface area contributed by atoms with E-state index in [1.165, 1.54) is 11.3 Å². The van der Waals surface area contributed by atoms with E-state index in [-0.39, 0.29) is 5.91 Å². The number of anilines is 1. The first-order valence-electron chi connectivity index (χ1n) is 4.41. The molecule has 2 aromatic rings. The van der Waals surface area contributed by atoms with Crippen LogP contribution >= 0.6 is 11.3 Å². The Kier molecular flexibility index (Phi) is 2.51. The molecule has 1 amide bonds. The molecular weight excluding hydrogens is 212 g/mol. The van der Waals surface area contributed by atoms with E-state index in [0.717, 1.165) is 9.88 Å². The molecule has 0 aliphatic carbocycles. The van der Waals surface area contributed by atoms with Gasteiger partial charge in [-0.25, -0.2) is 4.98 Å². The van der Waals surface area contributed by atoms with Crippen molar-refractivity contribution in [2.45, 2.75) is 13.8 Å². The van der Waals surface area contributed by atoms with Gasteiger partial charge in [0.15, 0.2) is 0 Å². The number of amides is 1. The van der Waals surface area contributed by atoms with Crippen molar-refractivity contribution < 1.29 is 4.79 Å². The number of H-pyrrole nitrogens is 1. The second kappa shape index (κ2) is 3.82. The summed E-state index contributed by atoms with van der Waals surface area (Å²) in [6.07, 6.45) is 3.17. The summed E-state index contributed by atoms with van der Waals surface area (Å²) >= 11 is 1.51. The lowest BCUT2D eigenvalue weighted by Crippen LogP contribution is -2.12. The average molecular weight is 222 g/mol. The molecule has 2 rings (SSSR count). The van der Waals surface area contributed by atoms with Crippen molar-refractivity contribution >= 4 is 22.9 Å². The SMILES string of the molecule is Cc1nc(C(=O)Nc2cn[nH]c2)c(C)s1. The topological polar surface area (TPSA) is 70.7 Å². The molecule has 0 fully saturated rings. The van der Waals surface area contributed by atoms with Crippen LogP contribution in [0.4, 0.5) is 5.69 Å². The number of hydrogen-bond acceptors (Lipinski definition) is 4. The number of nitrogens with one attached hydrogen (secondary N) is 2. The van der Waals surface area contributed by atoms with Gasteiger partial charge in [-0.15, -0.1) is 11.3 Å².